The number of nitrogens with one attached hydrogen (secondary N) is 1. The first-order valence-electron chi connectivity index (χ1n) is 6.00. The number of imide groups is 1. The van der Waals surface area contributed by atoms with Gasteiger partial charge in [-0.25, -0.2) is 13.6 Å². The lowest BCUT2D eigenvalue weighted by atomic mass is 10.0. The summed E-state index contributed by atoms with van der Waals surface area (Å²) in [6.07, 6.45) is 0.112. The first-order valence-corrected chi connectivity index (χ1v) is 6.00. The van der Waals surface area contributed by atoms with Crippen LogP contribution >= 0.6 is 0 Å². The smallest absolute Gasteiger partial charge is 0.293 e. The van der Waals surface area contributed by atoms with Crippen LogP contribution in [-0.2, 0) is 4.79 Å². The SMILES string of the molecule is CC(C)c1c(F)cc(N2CCC(=O)NC2=O)cc1F. The summed E-state index contributed by atoms with van der Waals surface area (Å²) in [5.74, 6) is -2.05. The molecule has 102 valence electrons. The molecule has 1 fully saturated rings. The van der Waals surface area contributed by atoms with Crippen molar-refractivity contribution in [2.24, 2.45) is 0 Å². The van der Waals surface area contributed by atoms with Gasteiger partial charge in [-0.2, -0.15) is 0 Å². The molecule has 6 heteroatoms. The zero-order valence-electron chi connectivity index (χ0n) is 10.7. The monoisotopic (exact) mass is 268 g/mol. The molecule has 2 rings (SSSR count). The second kappa shape index (κ2) is 4.95. The maximum Gasteiger partial charge on any atom is 0.328 e. The number of rotatable bonds is 2. The predicted molar refractivity (Wildman–Crippen MR) is 65.9 cm³/mol. The van der Waals surface area contributed by atoms with Crippen molar-refractivity contribution >= 4 is 17.6 Å². The van der Waals surface area contributed by atoms with E-state index in [0.29, 0.717) is 0 Å². The molecular formula is C13H14F2N2O2. The van der Waals surface area contributed by atoms with Gasteiger partial charge in [0.25, 0.3) is 0 Å². The van der Waals surface area contributed by atoms with Crippen LogP contribution in [0.15, 0.2) is 12.1 Å². The van der Waals surface area contributed by atoms with Crippen molar-refractivity contribution in [3.8, 4) is 0 Å². The maximum absolute atomic E-state index is 13.9. The molecule has 0 atom stereocenters. The van der Waals surface area contributed by atoms with Crippen molar-refractivity contribution in [3.05, 3.63) is 29.3 Å². The molecule has 1 aliphatic heterocycles. The van der Waals surface area contributed by atoms with Crippen LogP contribution in [0, 0.1) is 11.6 Å². The van der Waals surface area contributed by atoms with Crippen molar-refractivity contribution in [3.63, 3.8) is 0 Å². The van der Waals surface area contributed by atoms with Gasteiger partial charge >= 0.3 is 6.03 Å². The molecule has 0 spiro atoms. The Morgan fingerprint density at radius 3 is 2.26 bits per heavy atom. The second-order valence-corrected chi connectivity index (χ2v) is 4.73. The highest BCUT2D eigenvalue weighted by Crippen LogP contribution is 2.28. The van der Waals surface area contributed by atoms with Gasteiger partial charge in [-0.3, -0.25) is 15.0 Å². The molecule has 1 aromatic carbocycles. The van der Waals surface area contributed by atoms with Crippen molar-refractivity contribution in [1.82, 2.24) is 5.32 Å². The van der Waals surface area contributed by atoms with Gasteiger partial charge < -0.3 is 0 Å². The normalized spacial score (nSPS) is 15.9. The molecule has 0 unspecified atom stereocenters. The van der Waals surface area contributed by atoms with Crippen LogP contribution in [0.4, 0.5) is 19.3 Å². The number of halogens is 2. The van der Waals surface area contributed by atoms with Crippen LogP contribution in [0.5, 0.6) is 0 Å². The van der Waals surface area contributed by atoms with Gasteiger partial charge in [0.15, 0.2) is 0 Å². The Balaban J connectivity index is 2.37. The first kappa shape index (κ1) is 13.5. The quantitative estimate of drug-likeness (QED) is 0.896. The zero-order chi connectivity index (χ0) is 14.2. The van der Waals surface area contributed by atoms with Crippen LogP contribution in [0.2, 0.25) is 0 Å². The minimum absolute atomic E-state index is 0.00255. The minimum Gasteiger partial charge on any atom is -0.293 e. The van der Waals surface area contributed by atoms with Crippen molar-refractivity contribution in [1.29, 1.82) is 0 Å². The highest BCUT2D eigenvalue weighted by Gasteiger charge is 2.26. The van der Waals surface area contributed by atoms with Gasteiger partial charge in [-0.1, -0.05) is 13.8 Å². The molecule has 1 N–H and O–H groups in total. The third kappa shape index (κ3) is 2.57. The molecule has 19 heavy (non-hydrogen) atoms. The summed E-state index contributed by atoms with van der Waals surface area (Å²) in [5.41, 5.74) is 0.113. The summed E-state index contributed by atoms with van der Waals surface area (Å²) in [4.78, 5) is 23.8. The predicted octanol–water partition coefficient (Wildman–Crippen LogP) is 2.53. The number of carbonyl (C=O) groups excluding carboxylic acids is 2. The van der Waals surface area contributed by atoms with Crippen LogP contribution in [0.3, 0.4) is 0 Å². The lowest BCUT2D eigenvalue weighted by Gasteiger charge is -2.27. The van der Waals surface area contributed by atoms with E-state index in [1.807, 2.05) is 0 Å². The van der Waals surface area contributed by atoms with E-state index in [4.69, 9.17) is 0 Å². The molecule has 0 saturated carbocycles. The van der Waals surface area contributed by atoms with Crippen molar-refractivity contribution in [2.45, 2.75) is 26.2 Å². The summed E-state index contributed by atoms with van der Waals surface area (Å²) in [6.45, 7) is 3.49. The van der Waals surface area contributed by atoms with Crippen molar-refractivity contribution in [2.75, 3.05) is 11.4 Å². The molecule has 1 heterocycles. The lowest BCUT2D eigenvalue weighted by Crippen LogP contribution is -2.49. The Hall–Kier alpha value is -1.98. The van der Waals surface area contributed by atoms with Crippen molar-refractivity contribution < 1.29 is 18.4 Å². The average molecular weight is 268 g/mol. The van der Waals surface area contributed by atoms with Gasteiger partial charge in [-0.05, 0) is 18.1 Å². The molecular weight excluding hydrogens is 254 g/mol. The van der Waals surface area contributed by atoms with E-state index < -0.39 is 17.7 Å². The summed E-state index contributed by atoms with van der Waals surface area (Å²) in [5, 5.41) is 2.11. The number of urea groups is 1. The number of hydrogen-bond donors (Lipinski definition) is 1. The molecule has 1 saturated heterocycles. The largest absolute Gasteiger partial charge is 0.328 e. The molecule has 0 aromatic heterocycles. The Morgan fingerprint density at radius 1 is 1.21 bits per heavy atom. The third-order valence-corrected chi connectivity index (χ3v) is 3.01. The zero-order valence-corrected chi connectivity index (χ0v) is 10.7. The maximum atomic E-state index is 13.9. The molecule has 1 aliphatic rings. The Morgan fingerprint density at radius 2 is 1.79 bits per heavy atom. The van der Waals surface area contributed by atoms with Crippen LogP contribution in [0.25, 0.3) is 0 Å². The van der Waals surface area contributed by atoms with E-state index in [2.05, 4.69) is 5.32 Å². The van der Waals surface area contributed by atoms with Crippen LogP contribution in [0.1, 0.15) is 31.7 Å². The highest BCUT2D eigenvalue weighted by molar-refractivity contribution is 6.05. The van der Waals surface area contributed by atoms with Crippen LogP contribution < -0.4 is 10.2 Å². The fourth-order valence-electron chi connectivity index (χ4n) is 2.09. The average Bonchev–Trinajstić information content (AvgIpc) is 2.26. The first-order chi connectivity index (χ1) is 8.90. The third-order valence-electron chi connectivity index (χ3n) is 3.01. The van der Waals surface area contributed by atoms with Gasteiger partial charge in [0, 0.05) is 18.5 Å². The number of carbonyl (C=O) groups is 2. The van der Waals surface area contributed by atoms with E-state index in [0.717, 1.165) is 17.0 Å². The standard InChI is InChI=1S/C13H14F2N2O2/c1-7(2)12-9(14)5-8(6-10(12)15)17-4-3-11(18)16-13(17)19/h5-7H,3-4H2,1-2H3,(H,16,18,19). The van der Waals surface area contributed by atoms with E-state index in [1.54, 1.807) is 13.8 Å². The summed E-state index contributed by atoms with van der Waals surface area (Å²) >= 11 is 0. The summed E-state index contributed by atoms with van der Waals surface area (Å²) in [6, 6.07) is 1.58. The van der Waals surface area contributed by atoms with E-state index in [-0.39, 0.29) is 36.0 Å². The Kier molecular flexibility index (Phi) is 3.50. The topological polar surface area (TPSA) is 49.4 Å². The molecule has 3 amide bonds. The summed E-state index contributed by atoms with van der Waals surface area (Å²) < 4.78 is 27.7. The molecule has 1 aromatic rings. The van der Waals surface area contributed by atoms with E-state index >= 15 is 0 Å². The van der Waals surface area contributed by atoms with Gasteiger partial charge in [0.1, 0.15) is 11.6 Å². The molecule has 0 radical (unpaired) electrons. The van der Waals surface area contributed by atoms with Gasteiger partial charge in [0.05, 0.1) is 5.69 Å². The van der Waals surface area contributed by atoms with Gasteiger partial charge in [-0.15, -0.1) is 0 Å². The van der Waals surface area contributed by atoms with Gasteiger partial charge in [0.2, 0.25) is 5.91 Å². The Bertz CT molecular complexity index is 520. The van der Waals surface area contributed by atoms with E-state index in [9.17, 15) is 18.4 Å². The minimum atomic E-state index is -0.685. The Labute approximate surface area is 109 Å². The fraction of sp³-hybridized carbons (Fsp3) is 0.385. The van der Waals surface area contributed by atoms with Crippen LogP contribution in [-0.4, -0.2) is 18.5 Å². The number of hydrogen-bond acceptors (Lipinski definition) is 2. The number of benzene rings is 1. The van der Waals surface area contributed by atoms with E-state index in [1.165, 1.54) is 0 Å². The summed E-state index contributed by atoms with van der Waals surface area (Å²) in [7, 11) is 0. The number of anilines is 1. The number of nitrogens with zero attached hydrogens (tertiary/aromatic N) is 1. The second-order valence-electron chi connectivity index (χ2n) is 4.73. The molecule has 4 nitrogen and oxygen atoms in total. The number of amides is 3. The molecule has 0 aliphatic carbocycles. The fourth-order valence-corrected chi connectivity index (χ4v) is 2.09. The highest BCUT2D eigenvalue weighted by atomic mass is 19.1. The lowest BCUT2D eigenvalue weighted by molar-refractivity contribution is -0.120. The molecule has 0 bridgehead atoms.